The molecule has 0 aliphatic heterocycles. The molecular weight excluding hydrogens is 369 g/mol. The number of benzene rings is 2. The molecule has 0 radical (unpaired) electrons. The lowest BCUT2D eigenvalue weighted by Crippen LogP contribution is -2.17. The van der Waals surface area contributed by atoms with E-state index in [4.69, 9.17) is 10.4 Å². The smallest absolute Gasteiger partial charge is 0.255 e. The highest BCUT2D eigenvalue weighted by Gasteiger charge is 2.18. The van der Waals surface area contributed by atoms with E-state index in [9.17, 15) is 21.2 Å². The average molecular weight is 381 g/mol. The van der Waals surface area contributed by atoms with Crippen molar-refractivity contribution >= 4 is 31.8 Å². The number of halogens is 1. The van der Waals surface area contributed by atoms with Crippen LogP contribution in [0.15, 0.2) is 52.8 Å². The van der Waals surface area contributed by atoms with E-state index in [1.807, 2.05) is 10.8 Å². The summed E-state index contributed by atoms with van der Waals surface area (Å²) in [6.07, 6.45) is 1.25. The molecule has 10 heteroatoms. The van der Waals surface area contributed by atoms with Crippen LogP contribution < -0.4 is 9.86 Å². The van der Waals surface area contributed by atoms with Gasteiger partial charge in [-0.15, -0.1) is 0 Å². The maximum absolute atomic E-state index is 13.2. The predicted molar refractivity (Wildman–Crippen MR) is 90.5 cm³/mol. The minimum Gasteiger partial charge on any atom is -0.279 e. The predicted octanol–water partition coefficient (Wildman–Crippen LogP) is 1.76. The Kier molecular flexibility index (Phi) is 5.22. The molecule has 0 heterocycles. The van der Waals surface area contributed by atoms with Gasteiger partial charge >= 0.3 is 0 Å². The highest BCUT2D eigenvalue weighted by molar-refractivity contribution is 7.95. The number of hydrogen-bond donors (Lipinski definition) is 2. The normalized spacial score (nSPS) is 12.0. The van der Waals surface area contributed by atoms with Crippen molar-refractivity contribution in [1.29, 1.82) is 5.26 Å². The van der Waals surface area contributed by atoms with Gasteiger partial charge in [0.15, 0.2) is 0 Å². The van der Waals surface area contributed by atoms with E-state index in [1.54, 1.807) is 0 Å². The molecule has 3 N–H and O–H groups in total. The van der Waals surface area contributed by atoms with Gasteiger partial charge in [0, 0.05) is 0 Å². The van der Waals surface area contributed by atoms with Crippen molar-refractivity contribution in [2.45, 2.75) is 4.90 Å². The van der Waals surface area contributed by atoms with E-state index in [0.717, 1.165) is 17.5 Å². The second-order valence-corrected chi connectivity index (χ2v) is 7.97. The largest absolute Gasteiger partial charge is 0.279 e. The van der Waals surface area contributed by atoms with Gasteiger partial charge in [-0.2, -0.15) is 5.26 Å². The first-order valence-electron chi connectivity index (χ1n) is 6.64. The Morgan fingerprint density at radius 1 is 1.08 bits per heavy atom. The van der Waals surface area contributed by atoms with E-state index in [2.05, 4.69) is 0 Å². The molecule has 0 saturated carbocycles. The lowest BCUT2D eigenvalue weighted by Gasteiger charge is -2.09. The van der Waals surface area contributed by atoms with Gasteiger partial charge in [-0.3, -0.25) is 4.72 Å². The lowest BCUT2D eigenvalue weighted by molar-refractivity contribution is 0.593. The van der Waals surface area contributed by atoms with Crippen molar-refractivity contribution in [2.75, 3.05) is 4.72 Å². The summed E-state index contributed by atoms with van der Waals surface area (Å²) in [6, 6.07) is 10.5. The van der Waals surface area contributed by atoms with Crippen LogP contribution in [0.2, 0.25) is 0 Å². The number of hydrogen-bond acceptors (Lipinski definition) is 5. The van der Waals surface area contributed by atoms with Crippen molar-refractivity contribution < 1.29 is 21.2 Å². The van der Waals surface area contributed by atoms with Crippen LogP contribution in [0.1, 0.15) is 11.1 Å². The van der Waals surface area contributed by atoms with Crippen LogP contribution in [0.4, 0.5) is 10.1 Å². The molecule has 0 bridgehead atoms. The van der Waals surface area contributed by atoms with Crippen molar-refractivity contribution in [3.63, 3.8) is 0 Å². The van der Waals surface area contributed by atoms with E-state index >= 15 is 0 Å². The van der Waals surface area contributed by atoms with E-state index in [1.165, 1.54) is 30.3 Å². The summed E-state index contributed by atoms with van der Waals surface area (Å²) in [4.78, 5) is -0.678. The fourth-order valence-corrected chi connectivity index (χ4v) is 3.50. The molecule has 0 saturated heterocycles. The number of nitrogens with one attached hydrogen (secondary N) is 1. The van der Waals surface area contributed by atoms with Crippen molar-refractivity contribution in [3.05, 3.63) is 64.8 Å². The van der Waals surface area contributed by atoms with Gasteiger partial charge in [-0.05, 0) is 42.0 Å². The Bertz CT molecular complexity index is 1070. The Morgan fingerprint density at radius 3 is 2.28 bits per heavy atom. The Labute approximate surface area is 144 Å². The van der Waals surface area contributed by atoms with Gasteiger partial charge < -0.3 is 0 Å². The quantitative estimate of drug-likeness (QED) is 0.815. The first kappa shape index (κ1) is 18.6. The molecule has 0 aliphatic rings. The molecule has 2 aromatic rings. The standard InChI is InChI=1S/C15H12FN3O4S2/c16-13-5-6-14(15(9-13)25(18,22)23)19-24(20,21)8-7-11-1-3-12(10-17)4-2-11/h1-9,19H,(H2,18,22,23). The van der Waals surface area contributed by atoms with Gasteiger partial charge in [-0.25, -0.2) is 26.4 Å². The van der Waals surface area contributed by atoms with E-state index in [0.29, 0.717) is 17.2 Å². The van der Waals surface area contributed by atoms with Crippen molar-refractivity contribution in [2.24, 2.45) is 5.14 Å². The summed E-state index contributed by atoms with van der Waals surface area (Å²) in [5.74, 6) is -0.875. The highest BCUT2D eigenvalue weighted by Crippen LogP contribution is 2.22. The number of nitrogens with two attached hydrogens (primary N) is 1. The molecule has 0 fully saturated rings. The lowest BCUT2D eigenvalue weighted by atomic mass is 10.1. The third-order valence-corrected chi connectivity index (χ3v) is 4.93. The third-order valence-electron chi connectivity index (χ3n) is 2.98. The number of rotatable bonds is 5. The summed E-state index contributed by atoms with van der Waals surface area (Å²) in [5.41, 5.74) is 0.561. The van der Waals surface area contributed by atoms with Crippen LogP contribution in [0.3, 0.4) is 0 Å². The molecule has 2 aromatic carbocycles. The van der Waals surface area contributed by atoms with Gasteiger partial charge in [0.2, 0.25) is 10.0 Å². The third kappa shape index (κ3) is 5.12. The van der Waals surface area contributed by atoms with Gasteiger partial charge in [0.25, 0.3) is 10.0 Å². The topological polar surface area (TPSA) is 130 Å². The summed E-state index contributed by atoms with van der Waals surface area (Å²) in [7, 11) is -8.41. The maximum Gasteiger partial charge on any atom is 0.255 e. The summed E-state index contributed by atoms with van der Waals surface area (Å²) in [6.45, 7) is 0. The highest BCUT2D eigenvalue weighted by atomic mass is 32.2. The summed E-state index contributed by atoms with van der Waals surface area (Å²) in [5, 5.41) is 14.5. The summed E-state index contributed by atoms with van der Waals surface area (Å²) < 4.78 is 62.3. The Hall–Kier alpha value is -2.74. The fraction of sp³-hybridized carbons (Fsp3) is 0. The SMILES string of the molecule is N#Cc1ccc(C=CS(=O)(=O)Nc2ccc(F)cc2S(N)(=O)=O)cc1. The first-order valence-corrected chi connectivity index (χ1v) is 9.73. The molecule has 7 nitrogen and oxygen atoms in total. The molecule has 130 valence electrons. The first-order chi connectivity index (χ1) is 11.6. The maximum atomic E-state index is 13.2. The monoisotopic (exact) mass is 381 g/mol. The average Bonchev–Trinajstić information content (AvgIpc) is 2.54. The van der Waals surface area contributed by atoms with Crippen LogP contribution in [0.25, 0.3) is 6.08 Å². The van der Waals surface area contributed by atoms with Crippen LogP contribution in [-0.2, 0) is 20.0 Å². The van der Waals surface area contributed by atoms with Crippen molar-refractivity contribution in [1.82, 2.24) is 0 Å². The van der Waals surface area contributed by atoms with Crippen LogP contribution in [0.5, 0.6) is 0 Å². The minimum atomic E-state index is -4.32. The number of sulfonamides is 2. The molecule has 25 heavy (non-hydrogen) atoms. The zero-order valence-electron chi connectivity index (χ0n) is 12.5. The Balaban J connectivity index is 2.30. The van der Waals surface area contributed by atoms with Gasteiger partial charge in [0.05, 0.1) is 22.7 Å². The second kappa shape index (κ2) is 7.02. The molecule has 0 amide bonds. The minimum absolute atomic E-state index is 0.367. The summed E-state index contributed by atoms with van der Waals surface area (Å²) >= 11 is 0. The molecule has 0 unspecified atom stereocenters. The number of anilines is 1. The molecule has 0 aliphatic carbocycles. The molecule has 2 rings (SSSR count). The number of nitrogens with zero attached hydrogens (tertiary/aromatic N) is 1. The molecular formula is C15H12FN3O4S2. The van der Waals surface area contributed by atoms with E-state index < -0.39 is 30.8 Å². The molecule has 0 atom stereocenters. The molecule has 0 aromatic heterocycles. The Morgan fingerprint density at radius 2 is 1.72 bits per heavy atom. The number of nitriles is 1. The van der Waals surface area contributed by atoms with Crippen LogP contribution >= 0.6 is 0 Å². The second-order valence-electron chi connectivity index (χ2n) is 4.87. The van der Waals surface area contributed by atoms with Crippen LogP contribution in [-0.4, -0.2) is 16.8 Å². The van der Waals surface area contributed by atoms with Crippen LogP contribution in [0, 0.1) is 17.1 Å². The van der Waals surface area contributed by atoms with E-state index in [-0.39, 0.29) is 5.69 Å². The fourth-order valence-electron chi connectivity index (χ4n) is 1.84. The zero-order chi connectivity index (χ0) is 18.7. The zero-order valence-corrected chi connectivity index (χ0v) is 14.2. The van der Waals surface area contributed by atoms with Crippen molar-refractivity contribution in [3.8, 4) is 6.07 Å². The van der Waals surface area contributed by atoms with Gasteiger partial charge in [0.1, 0.15) is 10.7 Å². The molecule has 0 spiro atoms. The van der Waals surface area contributed by atoms with Gasteiger partial charge in [-0.1, -0.05) is 12.1 Å². The number of primary sulfonamides is 1.